The van der Waals surface area contributed by atoms with E-state index in [2.05, 4.69) is 26.1 Å². The number of hydrogen-bond donors (Lipinski definition) is 0. The molecule has 5 heteroatoms. The number of halogens is 2. The Morgan fingerprint density at radius 3 is 2.71 bits per heavy atom. The van der Waals surface area contributed by atoms with E-state index in [0.29, 0.717) is 0 Å². The molecule has 0 fully saturated rings. The molecule has 0 amide bonds. The zero-order valence-electron chi connectivity index (χ0n) is 7.29. The highest BCUT2D eigenvalue weighted by atomic mass is 79.9. The minimum absolute atomic E-state index is 0.775. The molecule has 0 unspecified atom stereocenters. The fourth-order valence-electron chi connectivity index (χ4n) is 1.10. The summed E-state index contributed by atoms with van der Waals surface area (Å²) in [6.07, 6.45) is 0. The molecule has 0 aliphatic carbocycles. The molecule has 0 saturated heterocycles. The van der Waals surface area contributed by atoms with E-state index in [4.69, 9.17) is 11.6 Å². The van der Waals surface area contributed by atoms with Crippen LogP contribution in [0.3, 0.4) is 0 Å². The third kappa shape index (κ3) is 1.97. The van der Waals surface area contributed by atoms with E-state index in [1.807, 2.05) is 25.1 Å². The lowest BCUT2D eigenvalue weighted by Gasteiger charge is -1.99. The molecule has 2 rings (SSSR count). The molecular formula is C9H6BrClN2S. The van der Waals surface area contributed by atoms with Gasteiger partial charge in [-0.3, -0.25) is 0 Å². The van der Waals surface area contributed by atoms with Crippen molar-refractivity contribution in [3.63, 3.8) is 0 Å². The Bertz CT molecular complexity index is 470. The van der Waals surface area contributed by atoms with Gasteiger partial charge in [-0.1, -0.05) is 29.0 Å². The predicted molar refractivity (Wildman–Crippen MR) is 62.8 cm³/mol. The molecule has 2 aromatic rings. The Balaban J connectivity index is 2.47. The minimum Gasteiger partial charge on any atom is -0.137 e. The summed E-state index contributed by atoms with van der Waals surface area (Å²) < 4.78 is 0.792. The van der Waals surface area contributed by atoms with Crippen molar-refractivity contribution in [3.8, 4) is 10.6 Å². The molecule has 1 aromatic carbocycles. The van der Waals surface area contributed by atoms with E-state index in [1.54, 1.807) is 0 Å². The van der Waals surface area contributed by atoms with Gasteiger partial charge in [-0.2, -0.15) is 0 Å². The van der Waals surface area contributed by atoms with Crippen LogP contribution in [0.15, 0.2) is 22.1 Å². The van der Waals surface area contributed by atoms with Crippen LogP contribution in [-0.4, -0.2) is 10.2 Å². The van der Waals surface area contributed by atoms with Crippen LogP contribution in [0.4, 0.5) is 0 Å². The van der Waals surface area contributed by atoms with Gasteiger partial charge in [0.1, 0.15) is 5.01 Å². The maximum absolute atomic E-state index is 5.93. The second-order valence-corrected chi connectivity index (χ2v) is 5.48. The summed E-state index contributed by atoms with van der Waals surface area (Å²) >= 11 is 10.7. The van der Waals surface area contributed by atoms with Crippen molar-refractivity contribution in [1.29, 1.82) is 0 Å². The lowest BCUT2D eigenvalue weighted by atomic mass is 10.1. The predicted octanol–water partition coefficient (Wildman–Crippen LogP) is 3.93. The fraction of sp³-hybridized carbons (Fsp3) is 0.111. The lowest BCUT2D eigenvalue weighted by molar-refractivity contribution is 1.07. The van der Waals surface area contributed by atoms with Crippen LogP contribution in [0, 0.1) is 6.92 Å². The summed E-state index contributed by atoms with van der Waals surface area (Å²) in [7, 11) is 0. The van der Waals surface area contributed by atoms with E-state index >= 15 is 0 Å². The van der Waals surface area contributed by atoms with Gasteiger partial charge in [0, 0.05) is 10.6 Å². The van der Waals surface area contributed by atoms with Gasteiger partial charge in [-0.25, -0.2) is 0 Å². The van der Waals surface area contributed by atoms with Crippen LogP contribution in [0.2, 0.25) is 5.02 Å². The van der Waals surface area contributed by atoms with Crippen molar-refractivity contribution in [1.82, 2.24) is 10.2 Å². The molecular weight excluding hydrogens is 284 g/mol. The number of aromatic nitrogens is 2. The van der Waals surface area contributed by atoms with E-state index in [1.165, 1.54) is 11.3 Å². The van der Waals surface area contributed by atoms with Crippen molar-refractivity contribution in [3.05, 3.63) is 32.7 Å². The second-order valence-electron chi connectivity index (χ2n) is 2.82. The lowest BCUT2D eigenvalue weighted by Crippen LogP contribution is -1.80. The zero-order valence-corrected chi connectivity index (χ0v) is 10.4. The van der Waals surface area contributed by atoms with Gasteiger partial charge in [-0.15, -0.1) is 10.2 Å². The fourth-order valence-corrected chi connectivity index (χ4v) is 2.32. The number of rotatable bonds is 1. The molecule has 0 bridgehead atoms. The first-order valence-corrected chi connectivity index (χ1v) is 5.91. The molecule has 72 valence electrons. The van der Waals surface area contributed by atoms with Crippen LogP contribution in [0.5, 0.6) is 0 Å². The maximum Gasteiger partial charge on any atom is 0.183 e. The van der Waals surface area contributed by atoms with Crippen LogP contribution in [0.1, 0.15) is 5.56 Å². The Morgan fingerprint density at radius 2 is 2.14 bits per heavy atom. The maximum atomic E-state index is 5.93. The Labute approximate surface area is 99.1 Å². The van der Waals surface area contributed by atoms with Crippen LogP contribution < -0.4 is 0 Å². The van der Waals surface area contributed by atoms with Gasteiger partial charge < -0.3 is 0 Å². The minimum atomic E-state index is 0.775. The van der Waals surface area contributed by atoms with Gasteiger partial charge in [0.15, 0.2) is 3.92 Å². The summed E-state index contributed by atoms with van der Waals surface area (Å²) in [5, 5.41) is 9.61. The van der Waals surface area contributed by atoms with Crippen molar-refractivity contribution < 1.29 is 0 Å². The first-order valence-electron chi connectivity index (χ1n) is 3.92. The zero-order chi connectivity index (χ0) is 10.1. The van der Waals surface area contributed by atoms with Gasteiger partial charge in [-0.05, 0) is 40.5 Å². The van der Waals surface area contributed by atoms with Gasteiger partial charge in [0.25, 0.3) is 0 Å². The summed E-state index contributed by atoms with van der Waals surface area (Å²) in [4.78, 5) is 0. The number of benzene rings is 1. The standard InChI is InChI=1S/C9H6BrClN2S/c1-5-4-6(2-3-7(5)11)8-12-13-9(10)14-8/h2-4H,1H3. The van der Waals surface area contributed by atoms with Crippen LogP contribution in [-0.2, 0) is 0 Å². The molecule has 14 heavy (non-hydrogen) atoms. The molecule has 0 aliphatic rings. The summed E-state index contributed by atoms with van der Waals surface area (Å²) in [6, 6.07) is 5.83. The summed E-state index contributed by atoms with van der Waals surface area (Å²) in [6.45, 7) is 1.97. The summed E-state index contributed by atoms with van der Waals surface area (Å²) in [5.41, 5.74) is 2.10. The molecule has 1 heterocycles. The van der Waals surface area contributed by atoms with Crippen molar-refractivity contribution >= 4 is 38.9 Å². The Morgan fingerprint density at radius 1 is 1.36 bits per heavy atom. The topological polar surface area (TPSA) is 25.8 Å². The highest BCUT2D eigenvalue weighted by Gasteiger charge is 2.05. The molecule has 0 radical (unpaired) electrons. The largest absolute Gasteiger partial charge is 0.183 e. The molecule has 2 nitrogen and oxygen atoms in total. The van der Waals surface area contributed by atoms with Crippen molar-refractivity contribution in [2.24, 2.45) is 0 Å². The molecule has 0 aliphatic heterocycles. The average molecular weight is 290 g/mol. The first kappa shape index (κ1) is 10.1. The first-order chi connectivity index (χ1) is 6.66. The van der Waals surface area contributed by atoms with Gasteiger partial charge in [0.05, 0.1) is 0 Å². The van der Waals surface area contributed by atoms with Crippen LogP contribution >= 0.6 is 38.9 Å². The van der Waals surface area contributed by atoms with E-state index < -0.39 is 0 Å². The Kier molecular flexibility index (Phi) is 2.85. The molecule has 0 atom stereocenters. The molecule has 0 N–H and O–H groups in total. The van der Waals surface area contributed by atoms with Crippen molar-refractivity contribution in [2.45, 2.75) is 6.92 Å². The Hall–Kier alpha value is -0.450. The van der Waals surface area contributed by atoms with E-state index in [9.17, 15) is 0 Å². The van der Waals surface area contributed by atoms with Crippen molar-refractivity contribution in [2.75, 3.05) is 0 Å². The second kappa shape index (κ2) is 3.96. The summed E-state index contributed by atoms with van der Waals surface area (Å²) in [5.74, 6) is 0. The smallest absolute Gasteiger partial charge is 0.137 e. The normalized spacial score (nSPS) is 10.5. The van der Waals surface area contributed by atoms with E-state index in [0.717, 1.165) is 25.1 Å². The number of hydrogen-bond acceptors (Lipinski definition) is 3. The molecule has 0 saturated carbocycles. The quantitative estimate of drug-likeness (QED) is 0.795. The van der Waals surface area contributed by atoms with Gasteiger partial charge >= 0.3 is 0 Å². The highest BCUT2D eigenvalue weighted by molar-refractivity contribution is 9.11. The average Bonchev–Trinajstić information content (AvgIpc) is 2.57. The third-order valence-corrected chi connectivity index (χ3v) is 3.63. The monoisotopic (exact) mass is 288 g/mol. The number of aryl methyl sites for hydroxylation is 1. The molecule has 1 aromatic heterocycles. The third-order valence-electron chi connectivity index (χ3n) is 1.81. The SMILES string of the molecule is Cc1cc(-c2nnc(Br)s2)ccc1Cl. The molecule has 0 spiro atoms. The van der Waals surface area contributed by atoms with E-state index in [-0.39, 0.29) is 0 Å². The van der Waals surface area contributed by atoms with Crippen LogP contribution in [0.25, 0.3) is 10.6 Å². The van der Waals surface area contributed by atoms with Gasteiger partial charge in [0.2, 0.25) is 0 Å². The highest BCUT2D eigenvalue weighted by Crippen LogP contribution is 2.28. The number of nitrogens with zero attached hydrogens (tertiary/aromatic N) is 2.